The van der Waals surface area contributed by atoms with E-state index in [2.05, 4.69) is 194 Å². The molecule has 11 aromatic rings. The molecule has 2 aliphatic rings. The quantitative estimate of drug-likeness (QED) is 0.150. The first-order chi connectivity index (χ1) is 32.7. The van der Waals surface area contributed by atoms with E-state index in [4.69, 9.17) is 15.0 Å². The third-order valence-corrected chi connectivity index (χ3v) is 14.2. The summed E-state index contributed by atoms with van der Waals surface area (Å²) in [5.74, 6) is 2.25. The van der Waals surface area contributed by atoms with Crippen molar-refractivity contribution in [3.8, 4) is 56.4 Å². The molecule has 2 aliphatic carbocycles. The monoisotopic (exact) mass is 841 g/mol. The van der Waals surface area contributed by atoms with Crippen LogP contribution < -0.4 is 0 Å². The Bertz CT molecular complexity index is 3520. The Morgan fingerprint density at radius 2 is 0.818 bits per heavy atom. The smallest absolute Gasteiger partial charge is 0.164 e. The van der Waals surface area contributed by atoms with E-state index in [0.29, 0.717) is 17.5 Å². The molecule has 0 radical (unpaired) electrons. The minimum atomic E-state index is -0.567. The van der Waals surface area contributed by atoms with Crippen molar-refractivity contribution in [2.24, 2.45) is 0 Å². The average molecular weight is 842 g/mol. The van der Waals surface area contributed by atoms with E-state index in [1.165, 1.54) is 82.7 Å². The summed E-state index contributed by atoms with van der Waals surface area (Å²) in [4.78, 5) is 15.0. The highest BCUT2D eigenvalue weighted by atomic mass is 15.0. The van der Waals surface area contributed by atoms with Crippen LogP contribution in [0.25, 0.3) is 78.0 Å². The van der Waals surface area contributed by atoms with Crippen LogP contribution in [-0.2, 0) is 18.3 Å². The summed E-state index contributed by atoms with van der Waals surface area (Å²) >= 11 is 0. The summed E-state index contributed by atoms with van der Waals surface area (Å²) in [6.45, 7) is 0. The van der Waals surface area contributed by atoms with Crippen LogP contribution >= 0.6 is 0 Å². The highest BCUT2D eigenvalue weighted by molar-refractivity contribution is 6.19. The molecule has 66 heavy (non-hydrogen) atoms. The van der Waals surface area contributed by atoms with Crippen LogP contribution in [0.15, 0.2) is 231 Å². The van der Waals surface area contributed by atoms with Gasteiger partial charge in [-0.2, -0.15) is 0 Å². The van der Waals surface area contributed by atoms with E-state index in [0.717, 1.165) is 29.5 Å². The molecule has 0 N–H and O–H groups in total. The fourth-order valence-electron chi connectivity index (χ4n) is 11.5. The van der Waals surface area contributed by atoms with Gasteiger partial charge in [-0.05, 0) is 102 Å². The molecule has 0 amide bonds. The average Bonchev–Trinajstić information content (AvgIpc) is 3.73. The Morgan fingerprint density at radius 3 is 1.41 bits per heavy atom. The topological polar surface area (TPSA) is 38.7 Å². The van der Waals surface area contributed by atoms with Crippen molar-refractivity contribution in [2.45, 2.75) is 24.2 Å². The zero-order chi connectivity index (χ0) is 43.6. The highest BCUT2D eigenvalue weighted by Gasteiger charge is 2.50. The fraction of sp³-hybridized carbons (Fsp3) is 0.0635. The number of rotatable bonds is 7. The molecule has 3 nitrogen and oxygen atoms in total. The van der Waals surface area contributed by atoms with Gasteiger partial charge in [0.2, 0.25) is 0 Å². The Morgan fingerprint density at radius 1 is 0.364 bits per heavy atom. The van der Waals surface area contributed by atoms with Crippen molar-refractivity contribution in [2.75, 3.05) is 0 Å². The van der Waals surface area contributed by atoms with Crippen molar-refractivity contribution < 1.29 is 0 Å². The molecule has 3 heteroatoms. The second-order valence-electron chi connectivity index (χ2n) is 17.8. The summed E-state index contributed by atoms with van der Waals surface area (Å²) in [5.41, 5.74) is 17.2. The van der Waals surface area contributed by atoms with Crippen LogP contribution in [0.2, 0.25) is 0 Å². The van der Waals surface area contributed by atoms with Gasteiger partial charge in [-0.25, -0.2) is 15.0 Å². The maximum Gasteiger partial charge on any atom is 0.164 e. The lowest BCUT2D eigenvalue weighted by molar-refractivity contribution is 0.656. The Labute approximate surface area is 384 Å². The fourth-order valence-corrected chi connectivity index (χ4v) is 11.5. The molecule has 310 valence electrons. The zero-order valence-electron chi connectivity index (χ0n) is 36.3. The maximum absolute atomic E-state index is 5.03. The summed E-state index contributed by atoms with van der Waals surface area (Å²) in [7, 11) is 0. The SMILES string of the molecule is c1ccc(-c2nc(-c3ccccc3)nc(-c3ccc(CC4Cc5c(ccc6c5C(c5ccccc5)(c5ccccc5)c5c-6c6ccccc6c6ccccc56)-c5ccccc54)cc3)n2)cc1. The lowest BCUT2D eigenvalue weighted by Gasteiger charge is -2.38. The van der Waals surface area contributed by atoms with Crippen LogP contribution in [0.1, 0.15) is 44.9 Å². The molecule has 1 unspecified atom stereocenters. The molecule has 1 atom stereocenters. The van der Waals surface area contributed by atoms with Gasteiger partial charge in [-0.15, -0.1) is 0 Å². The minimum absolute atomic E-state index is 0.249. The van der Waals surface area contributed by atoms with E-state index >= 15 is 0 Å². The van der Waals surface area contributed by atoms with E-state index in [9.17, 15) is 0 Å². The van der Waals surface area contributed by atoms with Gasteiger partial charge in [0.1, 0.15) is 0 Å². The third-order valence-electron chi connectivity index (χ3n) is 14.2. The van der Waals surface area contributed by atoms with Crippen molar-refractivity contribution >= 4 is 21.5 Å². The highest BCUT2D eigenvalue weighted by Crippen LogP contribution is 2.63. The standard InChI is InChI=1S/C63H43N3/c1-5-19-42(20-6-1)60-64-61(43-21-7-2-8-22-43)66-62(65-60)44-35-33-41(34-36-44)39-45-40-56-52(49-28-14-13-27-48(45)49)37-38-55-57-53-31-17-15-29-50(53)51-30-16-18-32-54(51)59(57)63(58(55)56,46-23-9-3-10-24-46)47-25-11-4-12-26-47/h1-38,45H,39-40H2. The Hall–Kier alpha value is -8.27. The Balaban J connectivity index is 0.980. The van der Waals surface area contributed by atoms with E-state index in [1.807, 2.05) is 36.4 Å². The number of fused-ring (bicyclic) bond motifs is 12. The molecule has 0 aliphatic heterocycles. The van der Waals surface area contributed by atoms with Gasteiger partial charge in [-0.1, -0.05) is 231 Å². The zero-order valence-corrected chi connectivity index (χ0v) is 36.3. The molecule has 13 rings (SSSR count). The number of nitrogens with zero attached hydrogens (tertiary/aromatic N) is 3. The van der Waals surface area contributed by atoms with Crippen molar-refractivity contribution in [1.29, 1.82) is 0 Å². The van der Waals surface area contributed by atoms with E-state index in [1.54, 1.807) is 0 Å². The Kier molecular flexibility index (Phi) is 8.95. The van der Waals surface area contributed by atoms with E-state index < -0.39 is 5.41 Å². The first-order valence-electron chi connectivity index (χ1n) is 23.0. The van der Waals surface area contributed by atoms with Gasteiger partial charge in [0.05, 0.1) is 5.41 Å². The maximum atomic E-state index is 5.03. The molecule has 0 spiro atoms. The normalized spacial score (nSPS) is 14.3. The lowest BCUT2D eigenvalue weighted by atomic mass is 9.63. The van der Waals surface area contributed by atoms with Crippen molar-refractivity contribution in [3.05, 3.63) is 269 Å². The molecule has 0 saturated carbocycles. The van der Waals surface area contributed by atoms with Gasteiger partial charge < -0.3 is 0 Å². The molecule has 10 aromatic carbocycles. The summed E-state index contributed by atoms with van der Waals surface area (Å²) < 4.78 is 0. The van der Waals surface area contributed by atoms with Crippen LogP contribution in [0.3, 0.4) is 0 Å². The van der Waals surface area contributed by atoms with Gasteiger partial charge in [-0.3, -0.25) is 0 Å². The predicted octanol–water partition coefficient (Wildman–Crippen LogP) is 15.1. The van der Waals surface area contributed by atoms with Gasteiger partial charge in [0.15, 0.2) is 17.5 Å². The minimum Gasteiger partial charge on any atom is -0.208 e. The first kappa shape index (κ1) is 38.2. The van der Waals surface area contributed by atoms with E-state index in [-0.39, 0.29) is 5.92 Å². The molecule has 0 bridgehead atoms. The third kappa shape index (κ3) is 5.93. The second kappa shape index (κ2) is 15.5. The first-order valence-corrected chi connectivity index (χ1v) is 23.0. The number of hydrogen-bond acceptors (Lipinski definition) is 3. The van der Waals surface area contributed by atoms with Crippen LogP contribution in [-0.4, -0.2) is 15.0 Å². The lowest BCUT2D eigenvalue weighted by Crippen LogP contribution is -2.31. The van der Waals surface area contributed by atoms with Crippen LogP contribution in [0.5, 0.6) is 0 Å². The molecular formula is C63H43N3. The summed E-state index contributed by atoms with van der Waals surface area (Å²) in [6.07, 6.45) is 1.81. The molecular weight excluding hydrogens is 799 g/mol. The molecule has 0 saturated heterocycles. The molecule has 0 fully saturated rings. The van der Waals surface area contributed by atoms with Gasteiger partial charge >= 0.3 is 0 Å². The van der Waals surface area contributed by atoms with Gasteiger partial charge in [0.25, 0.3) is 0 Å². The van der Waals surface area contributed by atoms with Crippen LogP contribution in [0.4, 0.5) is 0 Å². The number of hydrogen-bond donors (Lipinski definition) is 0. The molecule has 1 heterocycles. The predicted molar refractivity (Wildman–Crippen MR) is 270 cm³/mol. The van der Waals surface area contributed by atoms with Gasteiger partial charge in [0, 0.05) is 16.7 Å². The van der Waals surface area contributed by atoms with Crippen LogP contribution in [0, 0.1) is 0 Å². The largest absolute Gasteiger partial charge is 0.208 e. The summed E-state index contributed by atoms with van der Waals surface area (Å²) in [6, 6.07) is 84.1. The summed E-state index contributed by atoms with van der Waals surface area (Å²) in [5, 5.41) is 5.20. The number of aromatic nitrogens is 3. The molecule has 1 aromatic heterocycles. The van der Waals surface area contributed by atoms with Crippen molar-refractivity contribution in [1.82, 2.24) is 15.0 Å². The number of benzene rings is 10. The van der Waals surface area contributed by atoms with Crippen molar-refractivity contribution in [3.63, 3.8) is 0 Å². The second-order valence-corrected chi connectivity index (χ2v) is 17.8.